The number of hydrogen-bond donors (Lipinski definition) is 0. The van der Waals surface area contributed by atoms with Crippen LogP contribution in [0, 0.1) is 10.1 Å². The smallest absolute Gasteiger partial charge is 0.314 e. The maximum atomic E-state index is 12.0. The van der Waals surface area contributed by atoms with E-state index in [2.05, 4.69) is 15.9 Å². The van der Waals surface area contributed by atoms with Crippen molar-refractivity contribution in [1.29, 1.82) is 0 Å². The standard InChI is InChI=1S/C15H12BrNO5/c1-21-12-5-6-15(13(8-12)17(19)20)22-9-14(18)10-3-2-4-11(16)7-10/h2-8H,9H2,1H3. The Kier molecular flexibility index (Phi) is 5.11. The lowest BCUT2D eigenvalue weighted by Gasteiger charge is -2.07. The number of nitro groups is 1. The molecule has 2 rings (SSSR count). The Balaban J connectivity index is 2.14. The molecule has 22 heavy (non-hydrogen) atoms. The zero-order valence-electron chi connectivity index (χ0n) is 11.6. The van der Waals surface area contributed by atoms with E-state index in [-0.39, 0.29) is 23.8 Å². The van der Waals surface area contributed by atoms with E-state index < -0.39 is 4.92 Å². The first-order chi connectivity index (χ1) is 10.5. The molecular formula is C15H12BrNO5. The molecule has 0 atom stereocenters. The van der Waals surface area contributed by atoms with E-state index >= 15 is 0 Å². The van der Waals surface area contributed by atoms with Crippen LogP contribution in [0.15, 0.2) is 46.9 Å². The molecule has 0 fully saturated rings. The third-order valence-electron chi connectivity index (χ3n) is 2.87. The van der Waals surface area contributed by atoms with E-state index in [1.165, 1.54) is 25.3 Å². The predicted molar refractivity (Wildman–Crippen MR) is 83.6 cm³/mol. The number of benzene rings is 2. The number of methoxy groups -OCH3 is 1. The van der Waals surface area contributed by atoms with Crippen molar-refractivity contribution in [2.24, 2.45) is 0 Å². The van der Waals surface area contributed by atoms with Crippen molar-refractivity contribution in [3.05, 3.63) is 62.6 Å². The third-order valence-corrected chi connectivity index (χ3v) is 3.36. The summed E-state index contributed by atoms with van der Waals surface area (Å²) in [6, 6.07) is 11.0. The molecule has 2 aromatic carbocycles. The number of halogens is 1. The Labute approximate surface area is 134 Å². The fraction of sp³-hybridized carbons (Fsp3) is 0.133. The van der Waals surface area contributed by atoms with Crippen molar-refractivity contribution in [2.45, 2.75) is 0 Å². The van der Waals surface area contributed by atoms with Crippen LogP contribution in [0.5, 0.6) is 11.5 Å². The lowest BCUT2D eigenvalue weighted by Crippen LogP contribution is -2.12. The van der Waals surface area contributed by atoms with Gasteiger partial charge in [-0.2, -0.15) is 0 Å². The topological polar surface area (TPSA) is 78.7 Å². The summed E-state index contributed by atoms with van der Waals surface area (Å²) >= 11 is 3.28. The van der Waals surface area contributed by atoms with Crippen molar-refractivity contribution in [3.63, 3.8) is 0 Å². The fourth-order valence-corrected chi connectivity index (χ4v) is 2.18. The Morgan fingerprint density at radius 1 is 1.27 bits per heavy atom. The van der Waals surface area contributed by atoms with Crippen molar-refractivity contribution < 1.29 is 19.2 Å². The van der Waals surface area contributed by atoms with Gasteiger partial charge in [-0.05, 0) is 24.3 Å². The summed E-state index contributed by atoms with van der Waals surface area (Å²) in [4.78, 5) is 22.5. The van der Waals surface area contributed by atoms with Gasteiger partial charge < -0.3 is 9.47 Å². The van der Waals surface area contributed by atoms with Crippen molar-refractivity contribution in [2.75, 3.05) is 13.7 Å². The van der Waals surface area contributed by atoms with Gasteiger partial charge in [0.1, 0.15) is 5.75 Å². The Morgan fingerprint density at radius 2 is 2.05 bits per heavy atom. The highest BCUT2D eigenvalue weighted by Gasteiger charge is 2.18. The minimum Gasteiger partial charge on any atom is -0.496 e. The van der Waals surface area contributed by atoms with Crippen LogP contribution in [0.2, 0.25) is 0 Å². The SMILES string of the molecule is COc1ccc(OCC(=O)c2cccc(Br)c2)c([N+](=O)[O-])c1. The number of hydrogen-bond acceptors (Lipinski definition) is 5. The Hall–Kier alpha value is -2.41. The average molecular weight is 366 g/mol. The number of carbonyl (C=O) groups is 1. The summed E-state index contributed by atoms with van der Waals surface area (Å²) in [5.41, 5.74) is 0.215. The van der Waals surface area contributed by atoms with Crippen molar-refractivity contribution in [3.8, 4) is 11.5 Å². The summed E-state index contributed by atoms with van der Waals surface area (Å²) in [7, 11) is 1.41. The highest BCUT2D eigenvalue weighted by Crippen LogP contribution is 2.31. The van der Waals surface area contributed by atoms with Crippen LogP contribution in [0.1, 0.15) is 10.4 Å². The van der Waals surface area contributed by atoms with Gasteiger partial charge >= 0.3 is 5.69 Å². The molecule has 0 amide bonds. The maximum absolute atomic E-state index is 12.0. The largest absolute Gasteiger partial charge is 0.496 e. The number of Topliss-reactive ketones (excluding diaryl/α,β-unsaturated/α-hetero) is 1. The molecule has 0 aliphatic rings. The van der Waals surface area contributed by atoms with Crippen molar-refractivity contribution >= 4 is 27.4 Å². The first-order valence-corrected chi connectivity index (χ1v) is 7.04. The van der Waals surface area contributed by atoms with E-state index in [1.807, 2.05) is 0 Å². The highest BCUT2D eigenvalue weighted by molar-refractivity contribution is 9.10. The van der Waals surface area contributed by atoms with Crippen molar-refractivity contribution in [1.82, 2.24) is 0 Å². The van der Waals surface area contributed by atoms with Gasteiger partial charge in [0.25, 0.3) is 0 Å². The molecule has 114 valence electrons. The van der Waals surface area contributed by atoms with Gasteiger partial charge in [0.15, 0.2) is 18.1 Å². The molecule has 0 N–H and O–H groups in total. The molecule has 0 bridgehead atoms. The van der Waals surface area contributed by atoms with E-state index in [1.54, 1.807) is 24.3 Å². The first-order valence-electron chi connectivity index (χ1n) is 6.25. The van der Waals surface area contributed by atoms with Crippen LogP contribution in [0.4, 0.5) is 5.69 Å². The van der Waals surface area contributed by atoms with Gasteiger partial charge in [-0.3, -0.25) is 14.9 Å². The number of carbonyl (C=O) groups excluding carboxylic acids is 1. The molecule has 0 unspecified atom stereocenters. The van der Waals surface area contributed by atoms with Gasteiger partial charge in [-0.25, -0.2) is 0 Å². The lowest BCUT2D eigenvalue weighted by molar-refractivity contribution is -0.385. The lowest BCUT2D eigenvalue weighted by atomic mass is 10.1. The average Bonchev–Trinajstić information content (AvgIpc) is 2.52. The molecule has 0 aliphatic heterocycles. The molecule has 0 aliphatic carbocycles. The second kappa shape index (κ2) is 7.04. The van der Waals surface area contributed by atoms with Gasteiger partial charge in [0.05, 0.1) is 18.1 Å². The summed E-state index contributed by atoms with van der Waals surface area (Å²) in [5, 5.41) is 11.0. The normalized spacial score (nSPS) is 10.1. The monoisotopic (exact) mass is 365 g/mol. The first kappa shape index (κ1) is 16.0. The second-order valence-corrected chi connectivity index (χ2v) is 5.23. The van der Waals surface area contributed by atoms with E-state index in [4.69, 9.17) is 9.47 Å². The minimum atomic E-state index is -0.582. The molecule has 0 spiro atoms. The summed E-state index contributed by atoms with van der Waals surface area (Å²) in [6.45, 7) is -0.288. The molecule has 0 saturated heterocycles. The molecule has 0 heterocycles. The van der Waals surface area contributed by atoms with Gasteiger partial charge in [0.2, 0.25) is 0 Å². The van der Waals surface area contributed by atoms with Crippen LogP contribution in [-0.4, -0.2) is 24.4 Å². The number of ketones is 1. The summed E-state index contributed by atoms with van der Waals surface area (Å²) in [6.07, 6.45) is 0. The molecule has 0 radical (unpaired) electrons. The molecule has 0 saturated carbocycles. The van der Waals surface area contributed by atoms with Gasteiger partial charge in [0, 0.05) is 10.0 Å². The minimum absolute atomic E-state index is 0.0224. The maximum Gasteiger partial charge on any atom is 0.314 e. The summed E-state index contributed by atoms with van der Waals surface area (Å²) in [5.74, 6) is 0.0953. The van der Waals surface area contributed by atoms with E-state index in [9.17, 15) is 14.9 Å². The van der Waals surface area contributed by atoms with E-state index in [0.29, 0.717) is 11.3 Å². The van der Waals surface area contributed by atoms with Crippen LogP contribution >= 0.6 is 15.9 Å². The Bertz CT molecular complexity index is 717. The quantitative estimate of drug-likeness (QED) is 0.443. The fourth-order valence-electron chi connectivity index (χ4n) is 1.78. The van der Waals surface area contributed by atoms with Gasteiger partial charge in [-0.15, -0.1) is 0 Å². The number of rotatable bonds is 6. The van der Waals surface area contributed by atoms with Crippen LogP contribution in [0.3, 0.4) is 0 Å². The predicted octanol–water partition coefficient (Wildman–Crippen LogP) is 3.63. The Morgan fingerprint density at radius 3 is 2.68 bits per heavy atom. The number of ether oxygens (including phenoxy) is 2. The van der Waals surface area contributed by atoms with Crippen LogP contribution in [-0.2, 0) is 0 Å². The number of nitrogens with zero attached hydrogens (tertiary/aromatic N) is 1. The van der Waals surface area contributed by atoms with E-state index in [0.717, 1.165) is 4.47 Å². The third kappa shape index (κ3) is 3.82. The molecule has 6 nitrogen and oxygen atoms in total. The van der Waals surface area contributed by atoms with Crippen LogP contribution in [0.25, 0.3) is 0 Å². The molecule has 0 aromatic heterocycles. The van der Waals surface area contributed by atoms with Crippen LogP contribution < -0.4 is 9.47 Å². The zero-order chi connectivity index (χ0) is 16.1. The number of nitro benzene ring substituents is 1. The second-order valence-electron chi connectivity index (χ2n) is 4.31. The molecule has 7 heteroatoms. The highest BCUT2D eigenvalue weighted by atomic mass is 79.9. The van der Waals surface area contributed by atoms with Gasteiger partial charge in [-0.1, -0.05) is 28.1 Å². The zero-order valence-corrected chi connectivity index (χ0v) is 13.2. The summed E-state index contributed by atoms with van der Waals surface area (Å²) < 4.78 is 11.0. The molecular weight excluding hydrogens is 354 g/mol. The molecule has 2 aromatic rings.